The van der Waals surface area contributed by atoms with Gasteiger partial charge in [-0.05, 0) is 0 Å². The summed E-state index contributed by atoms with van der Waals surface area (Å²) >= 11 is 0. The Bertz CT molecular complexity index is 309. The van der Waals surface area contributed by atoms with Gasteiger partial charge in [-0.25, -0.2) is 0 Å². The molecule has 1 saturated heterocycles. The minimum Gasteiger partial charge on any atom is -0.468 e. The van der Waals surface area contributed by atoms with Crippen molar-refractivity contribution in [3.05, 3.63) is 0 Å². The number of nitrogens with zero attached hydrogens (tertiary/aromatic N) is 1. The van der Waals surface area contributed by atoms with Gasteiger partial charge < -0.3 is 9.47 Å². The zero-order chi connectivity index (χ0) is 11.3. The summed E-state index contributed by atoms with van der Waals surface area (Å²) in [6.07, 6.45) is 0. The largest absolute Gasteiger partial charge is 0.468 e. The van der Waals surface area contributed by atoms with Gasteiger partial charge in [-0.3, -0.25) is 4.79 Å². The highest BCUT2D eigenvalue weighted by atomic mass is 32.2. The quantitative estimate of drug-likeness (QED) is 0.592. The van der Waals surface area contributed by atoms with Gasteiger partial charge >= 0.3 is 5.97 Å². The molecule has 0 atom stereocenters. The Morgan fingerprint density at radius 1 is 1.47 bits per heavy atom. The van der Waals surface area contributed by atoms with Crippen LogP contribution in [0.3, 0.4) is 0 Å². The molecule has 0 saturated carbocycles. The van der Waals surface area contributed by atoms with Crippen molar-refractivity contribution in [3.63, 3.8) is 0 Å². The van der Waals surface area contributed by atoms with E-state index in [1.807, 2.05) is 0 Å². The molecular weight excluding hydrogens is 224 g/mol. The van der Waals surface area contributed by atoms with E-state index < -0.39 is 16.2 Å². The number of methoxy groups -OCH3 is 1. The van der Waals surface area contributed by atoms with Crippen molar-refractivity contribution < 1.29 is 22.7 Å². The molecule has 1 rings (SSSR count). The van der Waals surface area contributed by atoms with E-state index in [0.717, 1.165) is 0 Å². The van der Waals surface area contributed by atoms with Crippen LogP contribution in [0.5, 0.6) is 0 Å². The van der Waals surface area contributed by atoms with Crippen molar-refractivity contribution in [2.75, 3.05) is 40.0 Å². The van der Waals surface area contributed by atoms with Crippen molar-refractivity contribution in [2.24, 2.45) is 0 Å². The van der Waals surface area contributed by atoms with E-state index >= 15 is 0 Å². The molecule has 1 fully saturated rings. The fourth-order valence-electron chi connectivity index (χ4n) is 1.10. The summed E-state index contributed by atoms with van der Waals surface area (Å²) in [6, 6.07) is 0. The Morgan fingerprint density at radius 2 is 2.07 bits per heavy atom. The molecule has 0 aliphatic carbocycles. The molecule has 0 aromatic rings. The lowest BCUT2D eigenvalue weighted by molar-refractivity contribution is -0.139. The number of esters is 1. The minimum atomic E-state index is -3.59. The van der Waals surface area contributed by atoms with Crippen molar-refractivity contribution in [1.29, 1.82) is 0 Å². The number of ether oxygens (including phenoxy) is 2. The maximum atomic E-state index is 11.6. The molecule has 88 valence electrons. The summed E-state index contributed by atoms with van der Waals surface area (Å²) in [5.41, 5.74) is 0. The SMILES string of the molecule is COC(=O)CNS(=O)(=O)N1CCOCC1. The van der Waals surface area contributed by atoms with Gasteiger partial charge in [-0.2, -0.15) is 17.4 Å². The summed E-state index contributed by atoms with van der Waals surface area (Å²) in [6.45, 7) is 1.00. The lowest BCUT2D eigenvalue weighted by Gasteiger charge is -2.25. The van der Waals surface area contributed by atoms with E-state index in [2.05, 4.69) is 9.46 Å². The van der Waals surface area contributed by atoms with Gasteiger partial charge in [0.25, 0.3) is 10.2 Å². The van der Waals surface area contributed by atoms with Crippen molar-refractivity contribution in [3.8, 4) is 0 Å². The van der Waals surface area contributed by atoms with Crippen LogP contribution in [0, 0.1) is 0 Å². The Labute approximate surface area is 88.5 Å². The maximum absolute atomic E-state index is 11.6. The summed E-state index contributed by atoms with van der Waals surface area (Å²) in [5, 5.41) is 0. The highest BCUT2D eigenvalue weighted by molar-refractivity contribution is 7.87. The van der Waals surface area contributed by atoms with Crippen molar-refractivity contribution >= 4 is 16.2 Å². The normalized spacial score (nSPS) is 18.7. The highest BCUT2D eigenvalue weighted by Crippen LogP contribution is 2.02. The Kier molecular flexibility index (Phi) is 4.45. The van der Waals surface area contributed by atoms with Crippen LogP contribution in [0.25, 0.3) is 0 Å². The molecule has 0 radical (unpaired) electrons. The number of hydrogen-bond acceptors (Lipinski definition) is 5. The molecule has 1 N–H and O–H groups in total. The topological polar surface area (TPSA) is 84.9 Å². The van der Waals surface area contributed by atoms with Crippen LogP contribution in [-0.2, 0) is 24.5 Å². The third-order valence-electron chi connectivity index (χ3n) is 1.94. The summed E-state index contributed by atoms with van der Waals surface area (Å²) in [4.78, 5) is 10.7. The molecule has 0 aromatic carbocycles. The van der Waals surface area contributed by atoms with Gasteiger partial charge in [-0.15, -0.1) is 0 Å². The van der Waals surface area contributed by atoms with E-state index in [1.165, 1.54) is 11.4 Å². The van der Waals surface area contributed by atoms with E-state index in [1.54, 1.807) is 0 Å². The molecule has 0 unspecified atom stereocenters. The fourth-order valence-corrected chi connectivity index (χ4v) is 2.21. The van der Waals surface area contributed by atoms with E-state index in [0.29, 0.717) is 26.3 Å². The third kappa shape index (κ3) is 3.74. The molecule has 1 aliphatic rings. The molecular formula is C7H14N2O5S. The number of carbonyl (C=O) groups is 1. The molecule has 0 amide bonds. The maximum Gasteiger partial charge on any atom is 0.320 e. The van der Waals surface area contributed by atoms with Gasteiger partial charge in [-0.1, -0.05) is 0 Å². The van der Waals surface area contributed by atoms with E-state index in [-0.39, 0.29) is 6.54 Å². The van der Waals surface area contributed by atoms with Crippen LogP contribution in [-0.4, -0.2) is 58.7 Å². The fraction of sp³-hybridized carbons (Fsp3) is 0.857. The van der Waals surface area contributed by atoms with Crippen LogP contribution in [0.2, 0.25) is 0 Å². The van der Waals surface area contributed by atoms with Crippen LogP contribution < -0.4 is 4.72 Å². The first-order valence-corrected chi connectivity index (χ1v) is 5.89. The van der Waals surface area contributed by atoms with Gasteiger partial charge in [0, 0.05) is 13.1 Å². The van der Waals surface area contributed by atoms with E-state index in [9.17, 15) is 13.2 Å². The molecule has 1 aliphatic heterocycles. The monoisotopic (exact) mass is 238 g/mol. The van der Waals surface area contributed by atoms with Crippen LogP contribution in [0.15, 0.2) is 0 Å². The number of carbonyl (C=O) groups excluding carboxylic acids is 1. The first-order chi connectivity index (χ1) is 7.06. The molecule has 1 heterocycles. The second kappa shape index (κ2) is 5.40. The van der Waals surface area contributed by atoms with Gasteiger partial charge in [0.05, 0.1) is 20.3 Å². The number of rotatable bonds is 4. The molecule has 0 aromatic heterocycles. The molecule has 8 heteroatoms. The standard InChI is InChI=1S/C7H14N2O5S/c1-13-7(10)6-8-15(11,12)9-2-4-14-5-3-9/h8H,2-6H2,1H3. The average Bonchev–Trinajstić information content (AvgIpc) is 2.27. The average molecular weight is 238 g/mol. The predicted octanol–water partition coefficient (Wildman–Crippen LogP) is -1.67. The third-order valence-corrected chi connectivity index (χ3v) is 3.49. The molecule has 0 bridgehead atoms. The van der Waals surface area contributed by atoms with Crippen LogP contribution in [0.4, 0.5) is 0 Å². The summed E-state index contributed by atoms with van der Waals surface area (Å²) in [7, 11) is -2.39. The van der Waals surface area contributed by atoms with Gasteiger partial charge in [0.15, 0.2) is 0 Å². The Morgan fingerprint density at radius 3 is 2.60 bits per heavy atom. The van der Waals surface area contributed by atoms with Gasteiger partial charge in [0.2, 0.25) is 0 Å². The lowest BCUT2D eigenvalue weighted by atomic mass is 10.5. The number of hydrogen-bond donors (Lipinski definition) is 1. The van der Waals surface area contributed by atoms with Crippen molar-refractivity contribution in [1.82, 2.24) is 9.03 Å². The molecule has 0 spiro atoms. The molecule has 15 heavy (non-hydrogen) atoms. The highest BCUT2D eigenvalue weighted by Gasteiger charge is 2.24. The smallest absolute Gasteiger partial charge is 0.320 e. The van der Waals surface area contributed by atoms with Crippen LogP contribution in [0.1, 0.15) is 0 Å². The number of nitrogens with one attached hydrogen (secondary N) is 1. The zero-order valence-electron chi connectivity index (χ0n) is 8.43. The second-order valence-electron chi connectivity index (χ2n) is 2.91. The number of morpholine rings is 1. The Balaban J connectivity index is 2.46. The first kappa shape index (κ1) is 12.4. The Hall–Kier alpha value is -0.700. The van der Waals surface area contributed by atoms with E-state index in [4.69, 9.17) is 4.74 Å². The zero-order valence-corrected chi connectivity index (χ0v) is 9.25. The summed E-state index contributed by atoms with van der Waals surface area (Å²) in [5.74, 6) is -0.619. The van der Waals surface area contributed by atoms with Gasteiger partial charge in [0.1, 0.15) is 6.54 Å². The predicted molar refractivity (Wildman–Crippen MR) is 51.3 cm³/mol. The van der Waals surface area contributed by atoms with Crippen molar-refractivity contribution in [2.45, 2.75) is 0 Å². The second-order valence-corrected chi connectivity index (χ2v) is 4.67. The molecule has 7 nitrogen and oxygen atoms in total. The lowest BCUT2D eigenvalue weighted by Crippen LogP contribution is -2.47. The summed E-state index contributed by atoms with van der Waals surface area (Å²) < 4.78 is 35.8. The minimum absolute atomic E-state index is 0.302. The van der Waals surface area contributed by atoms with Crippen LogP contribution >= 0.6 is 0 Å². The first-order valence-electron chi connectivity index (χ1n) is 4.45.